The Hall–Kier alpha value is -0.900. The summed E-state index contributed by atoms with van der Waals surface area (Å²) >= 11 is 3.34. The lowest BCUT2D eigenvalue weighted by Crippen LogP contribution is -2.37. The molecule has 2 fully saturated rings. The Morgan fingerprint density at radius 1 is 1.40 bits per heavy atom. The zero-order chi connectivity index (χ0) is 14.5. The van der Waals surface area contributed by atoms with Crippen molar-refractivity contribution < 1.29 is 4.79 Å². The van der Waals surface area contributed by atoms with Crippen molar-refractivity contribution in [3.63, 3.8) is 0 Å². The number of hydrogen-bond acceptors (Lipinski definition) is 2. The number of amides is 1. The molecule has 1 aromatic rings. The fourth-order valence-electron chi connectivity index (χ4n) is 4.40. The first-order valence-electron chi connectivity index (χ1n) is 7.21. The minimum absolute atomic E-state index is 0.152. The molecule has 2 heterocycles. The summed E-state index contributed by atoms with van der Waals surface area (Å²) < 4.78 is 0.720. The standard InChI is InChI=1S/C16H21BrN2O/c1-15(2)7-12-8-16(3,9-15)10-19(12)14(20)11-4-5-18-13(17)6-11/h4-6,12H,7-10H2,1-3H3. The second kappa shape index (κ2) is 4.55. The van der Waals surface area contributed by atoms with E-state index in [0.717, 1.165) is 29.6 Å². The molecule has 0 radical (unpaired) electrons. The van der Waals surface area contributed by atoms with Gasteiger partial charge in [-0.1, -0.05) is 20.8 Å². The maximum Gasteiger partial charge on any atom is 0.254 e. The highest BCUT2D eigenvalue weighted by atomic mass is 79.9. The lowest BCUT2D eigenvalue weighted by molar-refractivity contribution is 0.0708. The first kappa shape index (κ1) is 14.1. The van der Waals surface area contributed by atoms with Crippen LogP contribution in [0.2, 0.25) is 0 Å². The van der Waals surface area contributed by atoms with Crippen LogP contribution in [0.3, 0.4) is 0 Å². The normalized spacial score (nSPS) is 31.4. The Bertz CT molecular complexity index is 557. The Morgan fingerprint density at radius 3 is 2.85 bits per heavy atom. The van der Waals surface area contributed by atoms with Gasteiger partial charge in [0.05, 0.1) is 0 Å². The fourth-order valence-corrected chi connectivity index (χ4v) is 4.76. The largest absolute Gasteiger partial charge is 0.335 e. The molecule has 2 aliphatic rings. The van der Waals surface area contributed by atoms with Crippen molar-refractivity contribution in [3.8, 4) is 0 Å². The van der Waals surface area contributed by atoms with Crippen molar-refractivity contribution in [1.29, 1.82) is 0 Å². The van der Waals surface area contributed by atoms with Gasteiger partial charge in [0.1, 0.15) is 4.60 Å². The summed E-state index contributed by atoms with van der Waals surface area (Å²) in [5.74, 6) is 0.152. The van der Waals surface area contributed by atoms with Crippen molar-refractivity contribution in [2.45, 2.75) is 46.1 Å². The molecule has 2 bridgehead atoms. The molecule has 20 heavy (non-hydrogen) atoms. The van der Waals surface area contributed by atoms with Crippen LogP contribution < -0.4 is 0 Å². The third kappa shape index (κ3) is 2.50. The molecule has 1 amide bonds. The summed E-state index contributed by atoms with van der Waals surface area (Å²) in [6.07, 6.45) is 5.15. The molecule has 3 rings (SSSR count). The number of carbonyl (C=O) groups is 1. The quantitative estimate of drug-likeness (QED) is 0.729. The number of pyridine rings is 1. The van der Waals surface area contributed by atoms with Crippen molar-refractivity contribution in [1.82, 2.24) is 9.88 Å². The van der Waals surface area contributed by atoms with Gasteiger partial charge in [0.15, 0.2) is 0 Å². The van der Waals surface area contributed by atoms with Crippen LogP contribution in [-0.4, -0.2) is 28.4 Å². The number of aromatic nitrogens is 1. The zero-order valence-electron chi connectivity index (χ0n) is 12.3. The first-order chi connectivity index (χ1) is 9.28. The van der Waals surface area contributed by atoms with E-state index in [1.54, 1.807) is 6.20 Å². The molecule has 1 aliphatic carbocycles. The summed E-state index contributed by atoms with van der Waals surface area (Å²) in [7, 11) is 0. The van der Waals surface area contributed by atoms with Crippen molar-refractivity contribution in [3.05, 3.63) is 28.5 Å². The average Bonchev–Trinajstić information content (AvgIpc) is 2.57. The summed E-state index contributed by atoms with van der Waals surface area (Å²) in [5, 5.41) is 0. The van der Waals surface area contributed by atoms with E-state index < -0.39 is 0 Å². The highest BCUT2D eigenvalue weighted by Gasteiger charge is 2.50. The molecular formula is C16H21BrN2O. The summed E-state index contributed by atoms with van der Waals surface area (Å²) in [6.45, 7) is 7.87. The second-order valence-electron chi connectivity index (χ2n) is 7.51. The highest BCUT2D eigenvalue weighted by Crippen LogP contribution is 2.52. The van der Waals surface area contributed by atoms with E-state index in [4.69, 9.17) is 0 Å². The van der Waals surface area contributed by atoms with Crippen LogP contribution in [0.1, 0.15) is 50.4 Å². The van der Waals surface area contributed by atoms with Crippen LogP contribution in [0, 0.1) is 10.8 Å². The number of carbonyl (C=O) groups excluding carboxylic acids is 1. The maximum atomic E-state index is 12.8. The van der Waals surface area contributed by atoms with Gasteiger partial charge in [-0.25, -0.2) is 4.98 Å². The minimum Gasteiger partial charge on any atom is -0.335 e. The molecule has 4 heteroatoms. The molecule has 2 atom stereocenters. The predicted molar refractivity (Wildman–Crippen MR) is 82.5 cm³/mol. The molecule has 0 N–H and O–H groups in total. The third-order valence-electron chi connectivity index (χ3n) is 4.65. The van der Waals surface area contributed by atoms with E-state index in [0.29, 0.717) is 11.5 Å². The Labute approximate surface area is 128 Å². The van der Waals surface area contributed by atoms with Crippen LogP contribution in [0.4, 0.5) is 0 Å². The molecule has 1 saturated heterocycles. The Kier molecular flexibility index (Phi) is 3.20. The molecule has 2 unspecified atom stereocenters. The average molecular weight is 337 g/mol. The lowest BCUT2D eigenvalue weighted by Gasteiger charge is -2.39. The van der Waals surface area contributed by atoms with E-state index in [-0.39, 0.29) is 11.3 Å². The Morgan fingerprint density at radius 2 is 2.15 bits per heavy atom. The lowest BCUT2D eigenvalue weighted by atomic mass is 9.65. The van der Waals surface area contributed by atoms with Gasteiger partial charge < -0.3 is 4.90 Å². The molecule has 108 valence electrons. The molecule has 0 spiro atoms. The summed E-state index contributed by atoms with van der Waals surface area (Å²) in [4.78, 5) is 19.0. The number of likely N-dealkylation sites (tertiary alicyclic amines) is 1. The van der Waals surface area contributed by atoms with Crippen molar-refractivity contribution in [2.75, 3.05) is 6.54 Å². The van der Waals surface area contributed by atoms with Gasteiger partial charge in [0.2, 0.25) is 0 Å². The van der Waals surface area contributed by atoms with Gasteiger partial charge in [-0.3, -0.25) is 4.79 Å². The minimum atomic E-state index is 0.152. The summed E-state index contributed by atoms with van der Waals surface area (Å²) in [5.41, 5.74) is 1.36. The maximum absolute atomic E-state index is 12.8. The van der Waals surface area contributed by atoms with Gasteiger partial charge in [-0.15, -0.1) is 0 Å². The van der Waals surface area contributed by atoms with Gasteiger partial charge >= 0.3 is 0 Å². The van der Waals surface area contributed by atoms with Crippen molar-refractivity contribution in [2.24, 2.45) is 10.8 Å². The predicted octanol–water partition coefficient (Wildman–Crippen LogP) is 3.88. The second-order valence-corrected chi connectivity index (χ2v) is 8.33. The number of fused-ring (bicyclic) bond motifs is 2. The van der Waals surface area contributed by atoms with E-state index in [9.17, 15) is 4.79 Å². The molecule has 1 saturated carbocycles. The van der Waals surface area contributed by atoms with Crippen LogP contribution >= 0.6 is 15.9 Å². The van der Waals surface area contributed by atoms with E-state index >= 15 is 0 Å². The van der Waals surface area contributed by atoms with Crippen LogP contribution in [0.25, 0.3) is 0 Å². The third-order valence-corrected chi connectivity index (χ3v) is 5.08. The van der Waals surface area contributed by atoms with Gasteiger partial charge in [-0.2, -0.15) is 0 Å². The zero-order valence-corrected chi connectivity index (χ0v) is 13.9. The van der Waals surface area contributed by atoms with E-state index in [1.807, 2.05) is 12.1 Å². The molecule has 1 aromatic heterocycles. The number of hydrogen-bond donors (Lipinski definition) is 0. The van der Waals surface area contributed by atoms with Gasteiger partial charge in [0, 0.05) is 24.3 Å². The van der Waals surface area contributed by atoms with Crippen LogP contribution in [0.15, 0.2) is 22.9 Å². The van der Waals surface area contributed by atoms with E-state index in [1.165, 1.54) is 6.42 Å². The topological polar surface area (TPSA) is 33.2 Å². The molecule has 0 aromatic carbocycles. The number of rotatable bonds is 1. The molecule has 1 aliphatic heterocycles. The fraction of sp³-hybridized carbons (Fsp3) is 0.625. The molecular weight excluding hydrogens is 316 g/mol. The van der Waals surface area contributed by atoms with Crippen molar-refractivity contribution >= 4 is 21.8 Å². The molecule has 3 nitrogen and oxygen atoms in total. The number of nitrogens with zero attached hydrogens (tertiary/aromatic N) is 2. The van der Waals surface area contributed by atoms with Crippen LogP contribution in [0.5, 0.6) is 0 Å². The van der Waals surface area contributed by atoms with Gasteiger partial charge in [-0.05, 0) is 58.2 Å². The first-order valence-corrected chi connectivity index (χ1v) is 8.00. The van der Waals surface area contributed by atoms with Crippen LogP contribution in [-0.2, 0) is 0 Å². The van der Waals surface area contributed by atoms with Gasteiger partial charge in [0.25, 0.3) is 5.91 Å². The smallest absolute Gasteiger partial charge is 0.254 e. The summed E-state index contributed by atoms with van der Waals surface area (Å²) in [6, 6.07) is 4.02. The number of halogens is 1. The van der Waals surface area contributed by atoms with E-state index in [2.05, 4.69) is 46.6 Å². The SMILES string of the molecule is CC1(C)CC2CC(C)(CN2C(=O)c2ccnc(Br)c2)C1. The Balaban J connectivity index is 1.87. The highest BCUT2D eigenvalue weighted by molar-refractivity contribution is 9.10. The monoisotopic (exact) mass is 336 g/mol.